The molecule has 1 aliphatic heterocycles. The van der Waals surface area contributed by atoms with Crippen LogP contribution in [0.2, 0.25) is 0 Å². The molecule has 0 amide bonds. The van der Waals surface area contributed by atoms with E-state index in [4.69, 9.17) is 0 Å². The average Bonchev–Trinajstić information content (AvgIpc) is 3.67. The van der Waals surface area contributed by atoms with Gasteiger partial charge in [0.15, 0.2) is 0 Å². The summed E-state index contributed by atoms with van der Waals surface area (Å²) in [4.78, 5) is 5.44. The van der Waals surface area contributed by atoms with Crippen LogP contribution < -0.4 is 4.90 Å². The van der Waals surface area contributed by atoms with Crippen LogP contribution in [0.4, 0.5) is 5.69 Å². The Labute approximate surface area is 317 Å². The van der Waals surface area contributed by atoms with Crippen LogP contribution in [0.3, 0.4) is 0 Å². The molecule has 0 saturated carbocycles. The van der Waals surface area contributed by atoms with Crippen LogP contribution in [0.15, 0.2) is 167 Å². The molecule has 2 heteroatoms. The topological polar surface area (TPSA) is 6.48 Å². The lowest BCUT2D eigenvalue weighted by Gasteiger charge is -2.42. The van der Waals surface area contributed by atoms with Crippen LogP contribution in [0.5, 0.6) is 0 Å². The highest BCUT2D eigenvalue weighted by Gasteiger charge is 2.48. The standard InChI is InChI=1S/C51H54N2/c1-51(2)47-20-9-6-17-43(47)44-32-31-42(34-48(44)51)52(39-27-23-36(24-28-39)35-13-4-3-5-14-35)40-29-25-37(26-30-40)38-15-12-16-41(33-38)53-49-21-10-7-18-45(49)46-19-8-11-22-50(46)53/h3-4,6-11,13,15,17-23,27,29,31,33,37,44-45,48-49H,5,12,14,16,24-26,28,30,32,34H2,1-2H3. The number of benzene rings is 2. The van der Waals surface area contributed by atoms with E-state index in [9.17, 15) is 0 Å². The highest BCUT2D eigenvalue weighted by molar-refractivity contribution is 5.69. The van der Waals surface area contributed by atoms with Gasteiger partial charge in [-0.05, 0) is 145 Å². The van der Waals surface area contributed by atoms with Crippen molar-refractivity contribution in [2.45, 2.75) is 108 Å². The van der Waals surface area contributed by atoms with Crippen LogP contribution in [-0.4, -0.2) is 10.9 Å². The van der Waals surface area contributed by atoms with Gasteiger partial charge in [-0.3, -0.25) is 0 Å². The van der Waals surface area contributed by atoms with Crippen LogP contribution >= 0.6 is 0 Å². The van der Waals surface area contributed by atoms with Crippen molar-refractivity contribution in [3.05, 3.63) is 184 Å². The van der Waals surface area contributed by atoms with Gasteiger partial charge in [0, 0.05) is 34.4 Å². The van der Waals surface area contributed by atoms with Crippen molar-refractivity contribution >= 4 is 5.69 Å². The lowest BCUT2D eigenvalue weighted by atomic mass is 9.70. The molecule has 53 heavy (non-hydrogen) atoms. The first-order chi connectivity index (χ1) is 26.0. The summed E-state index contributed by atoms with van der Waals surface area (Å²) >= 11 is 0. The lowest BCUT2D eigenvalue weighted by molar-refractivity contribution is 0.263. The van der Waals surface area contributed by atoms with Crippen LogP contribution in [0.1, 0.15) is 113 Å². The number of nitrogens with zero attached hydrogens (tertiary/aromatic N) is 2. The molecule has 0 fully saturated rings. The molecule has 0 spiro atoms. The number of allylic oxidation sites excluding steroid dienone is 18. The number of fused-ring (bicyclic) bond motifs is 6. The fourth-order valence-corrected chi connectivity index (χ4v) is 11.4. The van der Waals surface area contributed by atoms with Crippen molar-refractivity contribution in [2.75, 3.05) is 4.90 Å². The van der Waals surface area contributed by atoms with Crippen molar-refractivity contribution in [1.82, 2.24) is 4.90 Å². The Kier molecular flexibility index (Phi) is 8.34. The molecule has 2 nitrogen and oxygen atoms in total. The molecule has 0 saturated heterocycles. The van der Waals surface area contributed by atoms with E-state index >= 15 is 0 Å². The van der Waals surface area contributed by atoms with Gasteiger partial charge in [0.1, 0.15) is 0 Å². The number of hydrogen-bond donors (Lipinski definition) is 0. The molecule has 8 aliphatic rings. The smallest absolute Gasteiger partial charge is 0.0626 e. The van der Waals surface area contributed by atoms with E-state index in [1.807, 2.05) is 0 Å². The van der Waals surface area contributed by atoms with Gasteiger partial charge in [0.05, 0.1) is 6.04 Å². The molecule has 5 atom stereocenters. The largest absolute Gasteiger partial charge is 0.337 e. The molecule has 10 rings (SSSR count). The van der Waals surface area contributed by atoms with Gasteiger partial charge in [0.25, 0.3) is 0 Å². The van der Waals surface area contributed by atoms with E-state index in [1.54, 1.807) is 33.7 Å². The third-order valence-electron chi connectivity index (χ3n) is 14.2. The zero-order valence-corrected chi connectivity index (χ0v) is 31.7. The number of anilines is 1. The van der Waals surface area contributed by atoms with Crippen molar-refractivity contribution in [3.8, 4) is 0 Å². The zero-order valence-electron chi connectivity index (χ0n) is 31.7. The molecule has 0 N–H and O–H groups in total. The van der Waals surface area contributed by atoms with Gasteiger partial charge in [-0.15, -0.1) is 0 Å². The summed E-state index contributed by atoms with van der Waals surface area (Å²) in [5.41, 5.74) is 17.0. The molecular weight excluding hydrogens is 641 g/mol. The minimum atomic E-state index is 0.185. The summed E-state index contributed by atoms with van der Waals surface area (Å²) in [6.45, 7) is 5.02. The molecular formula is C51H54N2. The molecule has 2 aromatic rings. The first-order valence-electron chi connectivity index (χ1n) is 20.7. The number of rotatable bonds is 6. The van der Waals surface area contributed by atoms with E-state index in [-0.39, 0.29) is 5.41 Å². The van der Waals surface area contributed by atoms with E-state index < -0.39 is 0 Å². The van der Waals surface area contributed by atoms with E-state index in [0.717, 1.165) is 51.4 Å². The Hall–Kier alpha value is -4.56. The van der Waals surface area contributed by atoms with Crippen molar-refractivity contribution in [3.63, 3.8) is 0 Å². The second-order valence-corrected chi connectivity index (χ2v) is 17.3. The van der Waals surface area contributed by atoms with Crippen molar-refractivity contribution < 1.29 is 0 Å². The SMILES string of the molecule is CC1(C)c2ccccc2C2CC=C(N(C3=CC=C(C4=CC=CCC4)CC3)C3=CCC(C4=CCCC(N5c6ccccc6C6C=CC=CC65)=C4)CC3)CC21. The molecule has 0 aromatic heterocycles. The van der Waals surface area contributed by atoms with Gasteiger partial charge in [-0.25, -0.2) is 0 Å². The van der Waals surface area contributed by atoms with Crippen LogP contribution in [-0.2, 0) is 5.41 Å². The third kappa shape index (κ3) is 5.67. The molecule has 5 unspecified atom stereocenters. The minimum Gasteiger partial charge on any atom is -0.337 e. The number of para-hydroxylation sites is 1. The molecule has 1 heterocycles. The zero-order chi connectivity index (χ0) is 35.5. The Morgan fingerprint density at radius 2 is 1.53 bits per heavy atom. The monoisotopic (exact) mass is 694 g/mol. The van der Waals surface area contributed by atoms with Crippen molar-refractivity contribution in [2.24, 2.45) is 11.8 Å². The van der Waals surface area contributed by atoms with Gasteiger partial charge >= 0.3 is 0 Å². The summed E-state index contributed by atoms with van der Waals surface area (Å²) in [5, 5.41) is 0. The highest BCUT2D eigenvalue weighted by atomic mass is 15.2. The number of hydrogen-bond acceptors (Lipinski definition) is 2. The average molecular weight is 695 g/mol. The minimum absolute atomic E-state index is 0.185. The normalized spacial score (nSPS) is 29.4. The van der Waals surface area contributed by atoms with Crippen LogP contribution in [0, 0.1) is 11.8 Å². The molecule has 7 aliphatic carbocycles. The van der Waals surface area contributed by atoms with Gasteiger partial charge in [0.2, 0.25) is 0 Å². The van der Waals surface area contributed by atoms with Crippen molar-refractivity contribution in [1.29, 1.82) is 0 Å². The molecule has 2 aromatic carbocycles. The Morgan fingerprint density at radius 1 is 0.698 bits per heavy atom. The van der Waals surface area contributed by atoms with Gasteiger partial charge in [-0.2, -0.15) is 0 Å². The highest BCUT2D eigenvalue weighted by Crippen LogP contribution is 2.57. The first kappa shape index (κ1) is 33.0. The Morgan fingerprint density at radius 3 is 2.36 bits per heavy atom. The predicted octanol–water partition coefficient (Wildman–Crippen LogP) is 12.9. The second-order valence-electron chi connectivity index (χ2n) is 17.3. The molecule has 0 radical (unpaired) electrons. The van der Waals surface area contributed by atoms with E-state index in [1.165, 1.54) is 47.5 Å². The van der Waals surface area contributed by atoms with Gasteiger partial charge < -0.3 is 9.80 Å². The van der Waals surface area contributed by atoms with E-state index in [0.29, 0.717) is 29.7 Å². The summed E-state index contributed by atoms with van der Waals surface area (Å²) in [5.74, 6) is 2.29. The maximum atomic E-state index is 2.77. The molecule has 268 valence electrons. The summed E-state index contributed by atoms with van der Waals surface area (Å²) in [7, 11) is 0. The summed E-state index contributed by atoms with van der Waals surface area (Å²) < 4.78 is 0. The second kappa shape index (κ2) is 13.4. The summed E-state index contributed by atoms with van der Waals surface area (Å²) in [6.07, 6.45) is 44.2. The lowest BCUT2D eigenvalue weighted by Crippen LogP contribution is -2.34. The maximum Gasteiger partial charge on any atom is 0.0626 e. The quantitative estimate of drug-likeness (QED) is 0.297. The summed E-state index contributed by atoms with van der Waals surface area (Å²) in [6, 6.07) is 18.8. The Bertz CT molecular complexity index is 2130. The van der Waals surface area contributed by atoms with Crippen LogP contribution in [0.25, 0.3) is 0 Å². The maximum absolute atomic E-state index is 2.77. The fourth-order valence-electron chi connectivity index (χ4n) is 11.4. The third-order valence-corrected chi connectivity index (χ3v) is 14.2. The Balaban J connectivity index is 0.940. The van der Waals surface area contributed by atoms with E-state index in [2.05, 4.69) is 151 Å². The fraction of sp³-hybridized carbons (Fsp3) is 0.373. The predicted molar refractivity (Wildman–Crippen MR) is 221 cm³/mol. The molecule has 0 bridgehead atoms. The van der Waals surface area contributed by atoms with Gasteiger partial charge in [-0.1, -0.05) is 123 Å². The first-order valence-corrected chi connectivity index (χ1v) is 20.7.